The quantitative estimate of drug-likeness (QED) is 0.200. The molecule has 12 bridgehead atoms. The number of carbonyl (C=O) groups excluding carboxylic acids is 3. The molecule has 12 aliphatic rings. The highest BCUT2D eigenvalue weighted by molar-refractivity contribution is 5.85. The number of imidazole rings is 3. The molecule has 15 nitrogen and oxygen atoms in total. The Kier molecular flexibility index (Phi) is 13.5. The zero-order valence-corrected chi connectivity index (χ0v) is 36.0. The van der Waals surface area contributed by atoms with Crippen LogP contribution >= 0.6 is 0 Å². The number of carbonyl (C=O) groups is 4. The van der Waals surface area contributed by atoms with Gasteiger partial charge < -0.3 is 25.2 Å². The number of aliphatic carboxylic acids is 1. The first-order valence-electron chi connectivity index (χ1n) is 23.2. The maximum atomic E-state index is 12.7. The van der Waals surface area contributed by atoms with E-state index in [0.29, 0.717) is 5.91 Å². The van der Waals surface area contributed by atoms with Crippen molar-refractivity contribution in [2.24, 2.45) is 69.5 Å². The molecule has 4 N–H and O–H groups in total. The molecule has 0 unspecified atom stereocenters. The summed E-state index contributed by atoms with van der Waals surface area (Å²) in [4.78, 5) is 59.0. The van der Waals surface area contributed by atoms with Crippen LogP contribution in [0.15, 0.2) is 56.2 Å². The summed E-state index contributed by atoms with van der Waals surface area (Å²) in [6, 6.07) is -0.190. The van der Waals surface area contributed by atoms with Crippen LogP contribution in [-0.4, -0.2) is 99.4 Å². The molecule has 0 spiro atoms. The molecule has 3 aromatic heterocycles. The summed E-state index contributed by atoms with van der Waals surface area (Å²) < 4.78 is 9.66. The number of carboxylic acids is 1. The number of esters is 1. The molecule has 0 saturated heterocycles. The van der Waals surface area contributed by atoms with Crippen LogP contribution in [0, 0.1) is 69.5 Å². The topological polar surface area (TPSA) is 212 Å². The van der Waals surface area contributed by atoms with E-state index in [1.807, 2.05) is 0 Å². The van der Waals surface area contributed by atoms with Gasteiger partial charge in [-0.3, -0.25) is 28.1 Å². The van der Waals surface area contributed by atoms with Gasteiger partial charge in [-0.25, -0.2) is 19.7 Å². The summed E-state index contributed by atoms with van der Waals surface area (Å²) in [5.74, 6) is 6.83. The zero-order chi connectivity index (χ0) is 43.5. The SMILES string of the molecule is O=C(O)C12CC3CC(CC(C3)C1)C2.O=C(OCCO)C12CC3CC(CC(C3)C1)C2.O=C(n1ccnc1)C12CC3CC(CC(C3)C1)C2.O=C(n1ccnc1)n1ccnc1.OCCO. The van der Waals surface area contributed by atoms with Gasteiger partial charge in [0.25, 0.3) is 0 Å². The minimum absolute atomic E-state index is 0.0272. The summed E-state index contributed by atoms with van der Waals surface area (Å²) in [6.45, 7) is -0.140. The van der Waals surface area contributed by atoms with Crippen molar-refractivity contribution < 1.29 is 44.3 Å². The van der Waals surface area contributed by atoms with E-state index in [1.165, 1.54) is 79.6 Å². The highest BCUT2D eigenvalue weighted by Gasteiger charge is 2.57. The van der Waals surface area contributed by atoms with E-state index in [9.17, 15) is 24.3 Å². The van der Waals surface area contributed by atoms with Gasteiger partial charge in [-0.15, -0.1) is 0 Å². The Hall–Kier alpha value is -4.21. The lowest BCUT2D eigenvalue weighted by Gasteiger charge is -2.55. The maximum absolute atomic E-state index is 12.7. The lowest BCUT2D eigenvalue weighted by atomic mass is 9.49. The monoisotopic (exact) mass is 858 g/mol. The first kappa shape index (κ1) is 44.4. The molecular formula is C47H66N6O9. The number of hydrogen-bond acceptors (Lipinski definition) is 11. The van der Waals surface area contributed by atoms with E-state index in [1.54, 1.807) is 48.1 Å². The molecule has 15 rings (SSSR count). The van der Waals surface area contributed by atoms with E-state index < -0.39 is 5.97 Å². The predicted molar refractivity (Wildman–Crippen MR) is 225 cm³/mol. The molecule has 15 heteroatoms. The molecule has 0 aromatic carbocycles. The van der Waals surface area contributed by atoms with Gasteiger partial charge in [0.1, 0.15) is 25.6 Å². The normalized spacial score (nSPS) is 36.7. The maximum Gasteiger partial charge on any atom is 0.338 e. The van der Waals surface area contributed by atoms with E-state index >= 15 is 0 Å². The van der Waals surface area contributed by atoms with Crippen LogP contribution in [0.1, 0.15) is 120 Å². The third-order valence-corrected chi connectivity index (χ3v) is 16.1. The Balaban J connectivity index is 0.000000111. The smallest absolute Gasteiger partial charge is 0.338 e. The predicted octanol–water partition coefficient (Wildman–Crippen LogP) is 6.33. The minimum Gasteiger partial charge on any atom is -0.481 e. The average molecular weight is 859 g/mol. The highest BCUT2D eigenvalue weighted by atomic mass is 16.5. The molecule has 0 amide bonds. The first-order chi connectivity index (χ1) is 29.9. The molecule has 12 saturated carbocycles. The first-order valence-corrected chi connectivity index (χ1v) is 23.2. The van der Waals surface area contributed by atoms with Crippen molar-refractivity contribution in [3.8, 4) is 0 Å². The fourth-order valence-corrected chi connectivity index (χ4v) is 14.9. The number of aliphatic hydroxyl groups is 3. The van der Waals surface area contributed by atoms with Gasteiger partial charge in [-0.1, -0.05) is 0 Å². The van der Waals surface area contributed by atoms with Gasteiger partial charge in [-0.05, 0) is 169 Å². The van der Waals surface area contributed by atoms with E-state index in [0.717, 1.165) is 111 Å². The fourth-order valence-electron chi connectivity index (χ4n) is 14.9. The number of hydrogen-bond donors (Lipinski definition) is 4. The molecule has 0 aliphatic heterocycles. The summed E-state index contributed by atoms with van der Waals surface area (Å²) in [5, 5.41) is 33.2. The van der Waals surface area contributed by atoms with Gasteiger partial charge in [-0.2, -0.15) is 0 Å². The molecule has 338 valence electrons. The van der Waals surface area contributed by atoms with Crippen molar-refractivity contribution in [1.29, 1.82) is 0 Å². The van der Waals surface area contributed by atoms with E-state index in [-0.39, 0.29) is 54.7 Å². The van der Waals surface area contributed by atoms with Crippen LogP contribution in [0.4, 0.5) is 4.79 Å². The van der Waals surface area contributed by atoms with Crippen molar-refractivity contribution in [2.75, 3.05) is 26.4 Å². The van der Waals surface area contributed by atoms with Crippen LogP contribution in [0.2, 0.25) is 0 Å². The van der Waals surface area contributed by atoms with Gasteiger partial charge in [0.15, 0.2) is 0 Å². The molecule has 3 aromatic rings. The Morgan fingerprint density at radius 2 is 0.806 bits per heavy atom. The second-order valence-electron chi connectivity index (χ2n) is 20.7. The Morgan fingerprint density at radius 3 is 1.10 bits per heavy atom. The molecular weight excluding hydrogens is 793 g/mol. The number of nitrogens with zero attached hydrogens (tertiary/aromatic N) is 6. The van der Waals surface area contributed by atoms with Crippen LogP contribution in [0.25, 0.3) is 0 Å². The minimum atomic E-state index is -0.508. The van der Waals surface area contributed by atoms with Crippen LogP contribution in [-0.2, 0) is 14.3 Å². The number of carboxylic acid groups (broad SMARTS) is 1. The molecule has 3 heterocycles. The molecule has 12 fully saturated rings. The van der Waals surface area contributed by atoms with Crippen molar-refractivity contribution in [1.82, 2.24) is 28.7 Å². The number of aliphatic hydroxyl groups excluding tert-OH is 3. The third-order valence-electron chi connectivity index (χ3n) is 16.1. The van der Waals surface area contributed by atoms with Crippen LogP contribution in [0.5, 0.6) is 0 Å². The van der Waals surface area contributed by atoms with Crippen molar-refractivity contribution >= 4 is 23.9 Å². The lowest BCUT2D eigenvalue weighted by Crippen LogP contribution is -2.51. The van der Waals surface area contributed by atoms with Crippen LogP contribution in [0.3, 0.4) is 0 Å². The second-order valence-corrected chi connectivity index (χ2v) is 20.7. The summed E-state index contributed by atoms with van der Waals surface area (Å²) in [7, 11) is 0. The van der Waals surface area contributed by atoms with Crippen molar-refractivity contribution in [3.63, 3.8) is 0 Å². The molecule has 62 heavy (non-hydrogen) atoms. The van der Waals surface area contributed by atoms with Gasteiger partial charge in [0.2, 0.25) is 5.91 Å². The number of rotatable bonds is 6. The second kappa shape index (κ2) is 18.9. The van der Waals surface area contributed by atoms with Crippen molar-refractivity contribution in [2.45, 2.75) is 116 Å². The molecule has 12 aliphatic carbocycles. The van der Waals surface area contributed by atoms with Gasteiger partial charge in [0.05, 0.1) is 36.1 Å². The number of aromatic nitrogens is 6. The Morgan fingerprint density at radius 1 is 0.484 bits per heavy atom. The molecule has 0 radical (unpaired) electrons. The molecule has 0 atom stereocenters. The highest BCUT2D eigenvalue weighted by Crippen LogP contribution is 2.62. The fraction of sp³-hybridized carbons (Fsp3) is 0.723. The third kappa shape index (κ3) is 9.50. The standard InChI is InChI=1S/C14H18N2O.C13H20O3.C11H16O2.C7H6N4O.C2H6O2/c17-13(16-2-1-15-9-16)14-6-10-3-11(7-14)5-12(4-10)8-14;14-1-2-16-12(15)13-6-9-3-10(7-13)5-11(4-9)8-13;12-10(13)11-4-7-1-8(5-11)3-9(2-7)6-11;12-7(10-3-1-8-5-10)11-4-2-9-6-11;3-1-2-4/h1-2,9-12H,3-8H2;9-11,14H,1-8H2;7-9H,1-6H2,(H,12,13);1-6H;3-4H,1-2H2. The average Bonchev–Trinajstić information content (AvgIpc) is 4.08. The lowest BCUT2D eigenvalue weighted by molar-refractivity contribution is -0.172. The van der Waals surface area contributed by atoms with Crippen LogP contribution < -0.4 is 0 Å². The summed E-state index contributed by atoms with van der Waals surface area (Å²) in [6.07, 6.45) is 36.0. The number of ether oxygens (including phenoxy) is 1. The Labute approximate surface area is 363 Å². The summed E-state index contributed by atoms with van der Waals surface area (Å²) in [5.41, 5.74) is -0.478. The zero-order valence-electron chi connectivity index (χ0n) is 36.0. The van der Waals surface area contributed by atoms with Gasteiger partial charge >= 0.3 is 18.0 Å². The largest absolute Gasteiger partial charge is 0.481 e. The van der Waals surface area contributed by atoms with Crippen molar-refractivity contribution in [3.05, 3.63) is 56.2 Å². The van der Waals surface area contributed by atoms with E-state index in [2.05, 4.69) is 15.0 Å². The van der Waals surface area contributed by atoms with E-state index in [4.69, 9.17) is 20.1 Å². The summed E-state index contributed by atoms with van der Waals surface area (Å²) >= 11 is 0. The Bertz CT molecular complexity index is 1820. The van der Waals surface area contributed by atoms with Gasteiger partial charge in [0, 0.05) is 37.2 Å².